The average molecular weight is 470 g/mol. The summed E-state index contributed by atoms with van der Waals surface area (Å²) in [5, 5.41) is 3.19. The van der Waals surface area contributed by atoms with E-state index in [9.17, 15) is 14.4 Å². The molecule has 0 spiro atoms. The molecule has 0 radical (unpaired) electrons. The van der Waals surface area contributed by atoms with Gasteiger partial charge in [0.25, 0.3) is 5.91 Å². The number of benzene rings is 2. The minimum absolute atomic E-state index is 0.170. The van der Waals surface area contributed by atoms with Crippen LogP contribution in [0.2, 0.25) is 10.0 Å². The van der Waals surface area contributed by atoms with Crippen LogP contribution >= 0.6 is 35.0 Å². The monoisotopic (exact) mass is 469 g/mol. The SMILES string of the molecule is COc1ccccc1C(=O)COC(=O)C(CCSC)NC(=O)c1ccc(Cl)cc1Cl. The summed E-state index contributed by atoms with van der Waals surface area (Å²) >= 11 is 13.4. The predicted octanol–water partition coefficient (Wildman–Crippen LogP) is 4.28. The number of ether oxygens (including phenoxy) is 2. The highest BCUT2D eigenvalue weighted by atomic mass is 35.5. The van der Waals surface area contributed by atoms with Crippen LogP contribution in [0.3, 0.4) is 0 Å². The Balaban J connectivity index is 2.05. The first kappa shape index (κ1) is 24.1. The van der Waals surface area contributed by atoms with E-state index in [0.29, 0.717) is 28.5 Å². The third kappa shape index (κ3) is 6.65. The molecule has 2 aromatic rings. The summed E-state index contributed by atoms with van der Waals surface area (Å²) in [7, 11) is 1.45. The molecule has 2 rings (SSSR count). The van der Waals surface area contributed by atoms with Crippen molar-refractivity contribution in [1.82, 2.24) is 5.32 Å². The second-order valence-corrected chi connectivity index (χ2v) is 7.99. The average Bonchev–Trinajstić information content (AvgIpc) is 2.74. The van der Waals surface area contributed by atoms with Crippen LogP contribution in [0.4, 0.5) is 0 Å². The molecular weight excluding hydrogens is 449 g/mol. The maximum absolute atomic E-state index is 12.6. The molecule has 160 valence electrons. The fourth-order valence-electron chi connectivity index (χ4n) is 2.58. The molecule has 9 heteroatoms. The number of methoxy groups -OCH3 is 1. The van der Waals surface area contributed by atoms with Crippen molar-refractivity contribution in [3.05, 3.63) is 63.6 Å². The number of ketones is 1. The van der Waals surface area contributed by atoms with Crippen LogP contribution in [0.5, 0.6) is 5.75 Å². The van der Waals surface area contributed by atoms with E-state index in [1.807, 2.05) is 6.26 Å². The minimum atomic E-state index is -0.929. The van der Waals surface area contributed by atoms with Gasteiger partial charge in [0.2, 0.25) is 5.78 Å². The number of esters is 1. The summed E-state index contributed by atoms with van der Waals surface area (Å²) < 4.78 is 10.3. The molecule has 0 aliphatic heterocycles. The van der Waals surface area contributed by atoms with Crippen molar-refractivity contribution in [2.75, 3.05) is 25.7 Å². The summed E-state index contributed by atoms with van der Waals surface area (Å²) in [6.45, 7) is -0.466. The molecule has 6 nitrogen and oxygen atoms in total. The van der Waals surface area contributed by atoms with E-state index in [2.05, 4.69) is 5.32 Å². The van der Waals surface area contributed by atoms with Crippen LogP contribution in [-0.4, -0.2) is 49.4 Å². The van der Waals surface area contributed by atoms with Crippen LogP contribution in [0.1, 0.15) is 27.1 Å². The van der Waals surface area contributed by atoms with Gasteiger partial charge >= 0.3 is 5.97 Å². The first-order valence-corrected chi connectivity index (χ1v) is 11.1. The normalized spacial score (nSPS) is 11.5. The third-order valence-corrected chi connectivity index (χ3v) is 5.32. The number of amides is 1. The molecule has 1 unspecified atom stereocenters. The molecule has 2 aromatic carbocycles. The molecule has 0 heterocycles. The van der Waals surface area contributed by atoms with E-state index in [0.717, 1.165) is 0 Å². The molecular formula is C21H21Cl2NO5S. The van der Waals surface area contributed by atoms with Crippen LogP contribution in [0, 0.1) is 0 Å². The number of carbonyl (C=O) groups is 3. The lowest BCUT2D eigenvalue weighted by Gasteiger charge is -2.18. The molecule has 0 saturated heterocycles. The minimum Gasteiger partial charge on any atom is -0.496 e. The van der Waals surface area contributed by atoms with Crippen molar-refractivity contribution >= 4 is 52.6 Å². The van der Waals surface area contributed by atoms with E-state index in [1.165, 1.54) is 37.1 Å². The molecule has 0 aromatic heterocycles. The van der Waals surface area contributed by atoms with E-state index < -0.39 is 30.3 Å². The Bertz CT molecular complexity index is 922. The van der Waals surface area contributed by atoms with Crippen molar-refractivity contribution in [2.45, 2.75) is 12.5 Å². The predicted molar refractivity (Wildman–Crippen MR) is 119 cm³/mol. The molecule has 1 N–H and O–H groups in total. The van der Waals surface area contributed by atoms with E-state index in [1.54, 1.807) is 24.3 Å². The van der Waals surface area contributed by atoms with Gasteiger partial charge in [0.1, 0.15) is 11.8 Å². The number of nitrogens with one attached hydrogen (secondary N) is 1. The van der Waals surface area contributed by atoms with E-state index in [-0.39, 0.29) is 10.6 Å². The number of halogens is 2. The number of thioether (sulfide) groups is 1. The number of hydrogen-bond acceptors (Lipinski definition) is 6. The number of carbonyl (C=O) groups excluding carboxylic acids is 3. The number of rotatable bonds is 10. The van der Waals surface area contributed by atoms with Crippen molar-refractivity contribution in [3.63, 3.8) is 0 Å². The maximum Gasteiger partial charge on any atom is 0.329 e. The lowest BCUT2D eigenvalue weighted by molar-refractivity contribution is -0.144. The number of hydrogen-bond donors (Lipinski definition) is 1. The number of para-hydroxylation sites is 1. The standard InChI is InChI=1S/C21H21Cl2NO5S/c1-28-19-6-4-3-5-15(19)18(25)12-29-21(27)17(9-10-30-2)24-20(26)14-8-7-13(22)11-16(14)23/h3-8,11,17H,9-10,12H2,1-2H3,(H,24,26). The third-order valence-electron chi connectivity index (χ3n) is 4.13. The highest BCUT2D eigenvalue weighted by Gasteiger charge is 2.25. The van der Waals surface area contributed by atoms with Gasteiger partial charge in [-0.2, -0.15) is 11.8 Å². The Labute approximate surface area is 189 Å². The lowest BCUT2D eigenvalue weighted by atomic mass is 10.1. The Morgan fingerprint density at radius 3 is 2.50 bits per heavy atom. The zero-order valence-corrected chi connectivity index (χ0v) is 18.8. The summed E-state index contributed by atoms with van der Waals surface area (Å²) in [6, 6.07) is 10.2. The van der Waals surface area contributed by atoms with Gasteiger partial charge in [-0.3, -0.25) is 9.59 Å². The van der Waals surface area contributed by atoms with Gasteiger partial charge in [0, 0.05) is 5.02 Å². The quantitative estimate of drug-likeness (QED) is 0.413. The van der Waals surface area contributed by atoms with E-state index >= 15 is 0 Å². The second kappa shape index (κ2) is 11.8. The Hall–Kier alpha value is -2.22. The van der Waals surface area contributed by atoms with Crippen LogP contribution in [0.15, 0.2) is 42.5 Å². The molecule has 30 heavy (non-hydrogen) atoms. The topological polar surface area (TPSA) is 81.7 Å². The van der Waals surface area contributed by atoms with Gasteiger partial charge in [-0.15, -0.1) is 0 Å². The zero-order valence-electron chi connectivity index (χ0n) is 16.4. The van der Waals surface area contributed by atoms with Gasteiger partial charge in [-0.25, -0.2) is 4.79 Å². The van der Waals surface area contributed by atoms with Gasteiger partial charge in [0.05, 0.1) is 23.3 Å². The summed E-state index contributed by atoms with van der Waals surface area (Å²) in [4.78, 5) is 37.5. The number of Topliss-reactive ketones (excluding diaryl/α,β-unsaturated/α-hetero) is 1. The highest BCUT2D eigenvalue weighted by Crippen LogP contribution is 2.21. The molecule has 1 atom stereocenters. The van der Waals surface area contributed by atoms with Crippen LogP contribution in [-0.2, 0) is 9.53 Å². The molecule has 1 amide bonds. The summed E-state index contributed by atoms with van der Waals surface area (Å²) in [5.74, 6) is -0.643. The molecule has 0 fully saturated rings. The first-order chi connectivity index (χ1) is 14.4. The maximum atomic E-state index is 12.6. The molecule has 0 aliphatic carbocycles. The first-order valence-electron chi connectivity index (χ1n) is 8.95. The molecule has 0 bridgehead atoms. The summed E-state index contributed by atoms with van der Waals surface area (Å²) in [6.07, 6.45) is 2.21. The molecule has 0 saturated carbocycles. The van der Waals surface area contributed by atoms with Crippen molar-refractivity contribution in [1.29, 1.82) is 0 Å². The van der Waals surface area contributed by atoms with Gasteiger partial charge in [-0.1, -0.05) is 35.3 Å². The Kier molecular flexibility index (Phi) is 9.49. The highest BCUT2D eigenvalue weighted by molar-refractivity contribution is 7.98. The van der Waals surface area contributed by atoms with E-state index in [4.69, 9.17) is 32.7 Å². The zero-order chi connectivity index (χ0) is 22.1. The van der Waals surface area contributed by atoms with Crippen LogP contribution < -0.4 is 10.1 Å². The van der Waals surface area contributed by atoms with Crippen molar-refractivity contribution in [3.8, 4) is 5.75 Å². The Morgan fingerprint density at radius 2 is 1.83 bits per heavy atom. The van der Waals surface area contributed by atoms with Crippen molar-refractivity contribution < 1.29 is 23.9 Å². The largest absolute Gasteiger partial charge is 0.496 e. The smallest absolute Gasteiger partial charge is 0.329 e. The lowest BCUT2D eigenvalue weighted by Crippen LogP contribution is -2.42. The van der Waals surface area contributed by atoms with Crippen molar-refractivity contribution in [2.24, 2.45) is 0 Å². The van der Waals surface area contributed by atoms with Gasteiger partial charge < -0.3 is 14.8 Å². The van der Waals surface area contributed by atoms with Crippen LogP contribution in [0.25, 0.3) is 0 Å². The van der Waals surface area contributed by atoms with Gasteiger partial charge in [0.15, 0.2) is 6.61 Å². The second-order valence-electron chi connectivity index (χ2n) is 6.16. The molecule has 0 aliphatic rings. The Morgan fingerprint density at radius 1 is 1.10 bits per heavy atom. The fraction of sp³-hybridized carbons (Fsp3) is 0.286. The summed E-state index contributed by atoms with van der Waals surface area (Å²) in [5.41, 5.74) is 0.499. The van der Waals surface area contributed by atoms with Gasteiger partial charge in [-0.05, 0) is 48.8 Å². The fourth-order valence-corrected chi connectivity index (χ4v) is 3.55.